The van der Waals surface area contributed by atoms with Crippen molar-refractivity contribution in [1.82, 2.24) is 31.5 Å². The molecule has 9 nitrogen and oxygen atoms in total. The summed E-state index contributed by atoms with van der Waals surface area (Å²) in [6.45, 7) is 2.92. The number of amides is 3. The zero-order valence-corrected chi connectivity index (χ0v) is 28.0. The van der Waals surface area contributed by atoms with E-state index in [1.807, 2.05) is 97.9 Å². The Labute approximate surface area is 283 Å². The molecule has 3 amide bonds. The Balaban J connectivity index is 1.33. The topological polar surface area (TPSA) is 115 Å². The van der Waals surface area contributed by atoms with Crippen LogP contribution in [0.25, 0.3) is 0 Å². The van der Waals surface area contributed by atoms with Crippen molar-refractivity contribution >= 4 is 35.1 Å². The fraction of sp³-hybridized carbons (Fsp3) is 0.405. The quantitative estimate of drug-likeness (QED) is 0.189. The largest absolute Gasteiger partial charge is 0.362 e. The van der Waals surface area contributed by atoms with Crippen molar-refractivity contribution in [3.63, 3.8) is 0 Å². The van der Waals surface area contributed by atoms with Gasteiger partial charge in [-0.05, 0) is 68.1 Å². The number of carbonyl (C=O) groups excluding carboxylic acids is 3. The molecule has 47 heavy (non-hydrogen) atoms. The molecule has 2 fully saturated rings. The van der Waals surface area contributed by atoms with E-state index < -0.39 is 18.1 Å². The van der Waals surface area contributed by atoms with Crippen molar-refractivity contribution in [3.05, 3.63) is 108 Å². The van der Waals surface area contributed by atoms with Crippen LogP contribution in [-0.2, 0) is 20.9 Å². The number of nitrogens with zero attached hydrogens (tertiary/aromatic N) is 1. The highest BCUT2D eigenvalue weighted by atomic mass is 32.1. The lowest BCUT2D eigenvalue weighted by atomic mass is 9.92. The van der Waals surface area contributed by atoms with Gasteiger partial charge in [-0.2, -0.15) is 0 Å². The first-order valence-electron chi connectivity index (χ1n) is 16.6. The van der Waals surface area contributed by atoms with Gasteiger partial charge in [-0.25, -0.2) is 0 Å². The van der Waals surface area contributed by atoms with Crippen molar-refractivity contribution in [2.45, 2.75) is 75.8 Å². The molecule has 0 unspecified atom stereocenters. The lowest BCUT2D eigenvalue weighted by Crippen LogP contribution is -2.59. The Kier molecular flexibility index (Phi) is 12.0. The molecule has 3 aromatic rings. The number of likely N-dealkylation sites (N-methyl/N-ethyl adjacent to an activating group) is 1. The number of carbonyl (C=O) groups is 3. The van der Waals surface area contributed by atoms with Gasteiger partial charge in [0.1, 0.15) is 12.1 Å². The van der Waals surface area contributed by atoms with E-state index in [1.165, 1.54) is 0 Å². The molecular weight excluding hydrogens is 609 g/mol. The second-order valence-corrected chi connectivity index (χ2v) is 12.8. The molecule has 2 saturated heterocycles. The maximum Gasteiger partial charge on any atom is 0.246 e. The van der Waals surface area contributed by atoms with Crippen LogP contribution in [0.3, 0.4) is 0 Å². The second-order valence-electron chi connectivity index (χ2n) is 12.4. The summed E-state index contributed by atoms with van der Waals surface area (Å²) in [5, 5.41) is 16.4. The molecule has 0 aliphatic carbocycles. The van der Waals surface area contributed by atoms with E-state index in [2.05, 4.69) is 26.6 Å². The lowest BCUT2D eigenvalue weighted by Gasteiger charge is -2.33. The lowest BCUT2D eigenvalue weighted by molar-refractivity contribution is -0.143. The normalized spacial score (nSPS) is 21.3. The van der Waals surface area contributed by atoms with E-state index in [9.17, 15) is 14.4 Å². The van der Waals surface area contributed by atoms with Gasteiger partial charge in [-0.3, -0.25) is 14.4 Å². The fourth-order valence-corrected chi connectivity index (χ4v) is 6.98. The maximum absolute atomic E-state index is 14.5. The van der Waals surface area contributed by atoms with E-state index in [0.29, 0.717) is 37.5 Å². The molecule has 0 bridgehead atoms. The van der Waals surface area contributed by atoms with Gasteiger partial charge in [0.05, 0.1) is 12.1 Å². The second kappa shape index (κ2) is 16.5. The van der Waals surface area contributed by atoms with Crippen LogP contribution >= 0.6 is 12.2 Å². The van der Waals surface area contributed by atoms with Gasteiger partial charge < -0.3 is 31.5 Å². The van der Waals surface area contributed by atoms with Crippen LogP contribution in [0.4, 0.5) is 0 Å². The average molecular weight is 655 g/mol. The van der Waals surface area contributed by atoms with Gasteiger partial charge >= 0.3 is 0 Å². The van der Waals surface area contributed by atoms with Crippen molar-refractivity contribution < 1.29 is 14.4 Å². The number of hydrogen-bond acceptors (Lipinski definition) is 5. The van der Waals surface area contributed by atoms with E-state index in [4.69, 9.17) is 12.2 Å². The van der Waals surface area contributed by atoms with Crippen LogP contribution in [0.15, 0.2) is 91.0 Å². The Bertz CT molecular complexity index is 1450. The minimum Gasteiger partial charge on any atom is -0.362 e. The Morgan fingerprint density at radius 1 is 0.851 bits per heavy atom. The van der Waals surface area contributed by atoms with Crippen molar-refractivity contribution in [1.29, 1.82) is 0 Å². The minimum atomic E-state index is -0.799. The van der Waals surface area contributed by atoms with Gasteiger partial charge in [0.2, 0.25) is 17.7 Å². The first-order chi connectivity index (χ1) is 22.9. The maximum atomic E-state index is 14.5. The van der Waals surface area contributed by atoms with E-state index >= 15 is 0 Å². The predicted octanol–water partition coefficient (Wildman–Crippen LogP) is 3.81. The molecule has 0 spiro atoms. The van der Waals surface area contributed by atoms with Gasteiger partial charge in [-0.15, -0.1) is 0 Å². The van der Waals surface area contributed by atoms with Crippen molar-refractivity contribution in [2.75, 3.05) is 13.6 Å². The number of fused-ring (bicyclic) bond motifs is 1. The van der Waals surface area contributed by atoms with E-state index in [0.717, 1.165) is 29.5 Å². The SMILES string of the molecule is CC[C@H](NC)C(=O)N[C@@H]1C(=O)N2[C@@H](CC[C@@H]1CNC(=S)NCc1ccccc1)CC[C@H]2C(=O)NC(c1ccccc1)c1ccccc1. The average Bonchev–Trinajstić information content (AvgIpc) is 3.49. The summed E-state index contributed by atoms with van der Waals surface area (Å²) in [4.78, 5) is 43.7. The summed E-state index contributed by atoms with van der Waals surface area (Å²) >= 11 is 5.58. The molecule has 2 heterocycles. The van der Waals surface area contributed by atoms with E-state index in [1.54, 1.807) is 11.9 Å². The highest BCUT2D eigenvalue weighted by Crippen LogP contribution is 2.35. The summed E-state index contributed by atoms with van der Waals surface area (Å²) in [6, 6.07) is 27.4. The summed E-state index contributed by atoms with van der Waals surface area (Å²) in [5.74, 6) is -0.841. The zero-order valence-electron chi connectivity index (χ0n) is 27.2. The van der Waals surface area contributed by atoms with Gasteiger partial charge in [-0.1, -0.05) is 97.9 Å². The number of nitrogens with one attached hydrogen (secondary N) is 5. The van der Waals surface area contributed by atoms with Crippen molar-refractivity contribution in [2.24, 2.45) is 5.92 Å². The van der Waals surface area contributed by atoms with Gasteiger partial charge in [0.15, 0.2) is 5.11 Å². The smallest absolute Gasteiger partial charge is 0.246 e. The molecule has 0 saturated carbocycles. The van der Waals surface area contributed by atoms with Crippen LogP contribution in [0, 0.1) is 5.92 Å². The van der Waals surface area contributed by atoms with Crippen molar-refractivity contribution in [3.8, 4) is 0 Å². The third-order valence-electron chi connectivity index (χ3n) is 9.41. The van der Waals surface area contributed by atoms with Crippen LogP contribution in [0.5, 0.6) is 0 Å². The van der Waals surface area contributed by atoms with Crippen LogP contribution in [-0.4, -0.2) is 65.5 Å². The molecule has 248 valence electrons. The summed E-state index contributed by atoms with van der Waals surface area (Å²) in [5.41, 5.74) is 3.04. The zero-order chi connectivity index (χ0) is 33.2. The molecule has 2 aliphatic heterocycles. The molecule has 2 aliphatic rings. The monoisotopic (exact) mass is 654 g/mol. The van der Waals surface area contributed by atoms with Gasteiger partial charge in [0, 0.05) is 25.0 Å². The Hall–Kier alpha value is -4.28. The first kappa shape index (κ1) is 34.1. The molecule has 0 radical (unpaired) electrons. The van der Waals surface area contributed by atoms with Crippen LogP contribution in [0.1, 0.15) is 61.8 Å². The number of thiocarbonyl (C=S) groups is 1. The molecule has 5 atom stereocenters. The molecule has 3 aromatic carbocycles. The van der Waals surface area contributed by atoms with Gasteiger partial charge in [0.25, 0.3) is 0 Å². The van der Waals surface area contributed by atoms with E-state index in [-0.39, 0.29) is 35.7 Å². The summed E-state index contributed by atoms with van der Waals surface area (Å²) in [7, 11) is 1.74. The highest BCUT2D eigenvalue weighted by molar-refractivity contribution is 7.80. The van der Waals surface area contributed by atoms with Crippen LogP contribution in [0.2, 0.25) is 0 Å². The molecular formula is C37H46N6O3S. The molecule has 5 N–H and O–H groups in total. The minimum absolute atomic E-state index is 0.0796. The third-order valence-corrected chi connectivity index (χ3v) is 9.70. The molecule has 5 rings (SSSR count). The Morgan fingerprint density at radius 2 is 1.45 bits per heavy atom. The molecule has 10 heteroatoms. The predicted molar refractivity (Wildman–Crippen MR) is 188 cm³/mol. The first-order valence-corrected chi connectivity index (χ1v) is 17.1. The third kappa shape index (κ3) is 8.55. The highest BCUT2D eigenvalue weighted by Gasteiger charge is 2.48. The Morgan fingerprint density at radius 3 is 2.04 bits per heavy atom. The summed E-state index contributed by atoms with van der Waals surface area (Å²) < 4.78 is 0. The number of hydrogen-bond donors (Lipinski definition) is 5. The summed E-state index contributed by atoms with van der Waals surface area (Å²) in [6.07, 6.45) is 3.33. The standard InChI is InChI=1S/C37H46N6O3S/c1-3-30(38-2)34(44)42-33-28(24-40-37(47)39-23-25-13-7-4-8-14-25)19-20-29-21-22-31(43(29)36(33)46)35(45)41-32(26-15-9-5-10-16-26)27-17-11-6-12-18-27/h4-18,28-33,38H,3,19-24H2,1-2H3,(H,41,45)(H,42,44)(H2,39,40,47)/t28-,29+,30+,31+,33+/m1/s1. The molecule has 0 aromatic heterocycles. The fourth-order valence-electron chi connectivity index (χ4n) is 6.82. The van der Waals surface area contributed by atoms with Crippen LogP contribution < -0.4 is 26.6 Å². The number of benzene rings is 3. The number of rotatable bonds is 12.